The lowest BCUT2D eigenvalue weighted by Crippen LogP contribution is -2.24. The fourth-order valence-electron chi connectivity index (χ4n) is 2.28. The SMILES string of the molecule is COOCc1cn(C2CC(O)C(CO)O2)cc1C(=O)OC. The van der Waals surface area contributed by atoms with E-state index in [4.69, 9.17) is 19.5 Å². The summed E-state index contributed by atoms with van der Waals surface area (Å²) in [5, 5.41) is 18.9. The summed E-state index contributed by atoms with van der Waals surface area (Å²) in [6.45, 7) is -0.185. The van der Waals surface area contributed by atoms with Gasteiger partial charge in [-0.2, -0.15) is 0 Å². The van der Waals surface area contributed by atoms with Crippen LogP contribution in [-0.2, 0) is 25.9 Å². The summed E-state index contributed by atoms with van der Waals surface area (Å²) < 4.78 is 11.9. The number of aliphatic hydroxyl groups excluding tert-OH is 2. The average molecular weight is 301 g/mol. The van der Waals surface area contributed by atoms with Gasteiger partial charge in [-0.3, -0.25) is 0 Å². The van der Waals surface area contributed by atoms with Crippen molar-refractivity contribution in [2.45, 2.75) is 31.5 Å². The monoisotopic (exact) mass is 301 g/mol. The minimum absolute atomic E-state index is 0.0760. The van der Waals surface area contributed by atoms with Crippen molar-refractivity contribution >= 4 is 5.97 Å². The van der Waals surface area contributed by atoms with Crippen molar-refractivity contribution in [1.29, 1.82) is 0 Å². The van der Waals surface area contributed by atoms with Crippen molar-refractivity contribution < 1.29 is 34.3 Å². The molecule has 8 nitrogen and oxygen atoms in total. The maximum absolute atomic E-state index is 11.7. The molecule has 2 rings (SSSR count). The van der Waals surface area contributed by atoms with Gasteiger partial charge in [-0.15, -0.1) is 0 Å². The number of rotatable bonds is 6. The minimum atomic E-state index is -0.748. The van der Waals surface area contributed by atoms with Crippen LogP contribution in [0.25, 0.3) is 0 Å². The van der Waals surface area contributed by atoms with Gasteiger partial charge in [0, 0.05) is 24.4 Å². The Balaban J connectivity index is 2.20. The Hall–Kier alpha value is -1.45. The highest BCUT2D eigenvalue weighted by Gasteiger charge is 2.35. The molecule has 1 aromatic rings. The van der Waals surface area contributed by atoms with Crippen LogP contribution in [0.3, 0.4) is 0 Å². The van der Waals surface area contributed by atoms with E-state index in [1.165, 1.54) is 14.2 Å². The maximum Gasteiger partial charge on any atom is 0.339 e. The topological polar surface area (TPSA) is 99.4 Å². The van der Waals surface area contributed by atoms with Crippen LogP contribution in [0.1, 0.15) is 28.6 Å². The average Bonchev–Trinajstić information content (AvgIpc) is 3.07. The Morgan fingerprint density at radius 2 is 2.24 bits per heavy atom. The second-order valence-electron chi connectivity index (χ2n) is 4.68. The molecular weight excluding hydrogens is 282 g/mol. The van der Waals surface area contributed by atoms with E-state index in [9.17, 15) is 9.90 Å². The molecule has 2 heterocycles. The molecule has 2 N–H and O–H groups in total. The normalized spacial score (nSPS) is 25.2. The molecule has 0 spiro atoms. The van der Waals surface area contributed by atoms with Gasteiger partial charge >= 0.3 is 5.97 Å². The molecule has 1 aliphatic rings. The van der Waals surface area contributed by atoms with Crippen LogP contribution in [0.4, 0.5) is 0 Å². The second-order valence-corrected chi connectivity index (χ2v) is 4.68. The standard InChI is InChI=1S/C13H19NO7/c1-18-13(17)9-5-14(4-8(9)7-20-19-2)12-3-10(16)11(6-15)21-12/h4-5,10-12,15-16H,3,6-7H2,1-2H3. The number of hydrogen-bond donors (Lipinski definition) is 2. The molecule has 1 saturated heterocycles. The molecule has 21 heavy (non-hydrogen) atoms. The van der Waals surface area contributed by atoms with Crippen molar-refractivity contribution in [3.05, 3.63) is 23.5 Å². The van der Waals surface area contributed by atoms with E-state index < -0.39 is 24.4 Å². The first-order valence-corrected chi connectivity index (χ1v) is 6.49. The number of methoxy groups -OCH3 is 1. The highest BCUT2D eigenvalue weighted by Crippen LogP contribution is 2.30. The summed E-state index contributed by atoms with van der Waals surface area (Å²) in [5.74, 6) is -0.499. The predicted molar refractivity (Wildman–Crippen MR) is 69.2 cm³/mol. The highest BCUT2D eigenvalue weighted by atomic mass is 17.2. The fourth-order valence-corrected chi connectivity index (χ4v) is 2.28. The third-order valence-electron chi connectivity index (χ3n) is 3.38. The van der Waals surface area contributed by atoms with Gasteiger partial charge in [-0.25, -0.2) is 14.6 Å². The van der Waals surface area contributed by atoms with Crippen LogP contribution in [-0.4, -0.2) is 53.8 Å². The molecule has 3 atom stereocenters. The molecule has 0 amide bonds. The molecule has 3 unspecified atom stereocenters. The largest absolute Gasteiger partial charge is 0.465 e. The summed E-state index contributed by atoms with van der Waals surface area (Å²) in [4.78, 5) is 21.1. The van der Waals surface area contributed by atoms with Crippen molar-refractivity contribution in [2.24, 2.45) is 0 Å². The third-order valence-corrected chi connectivity index (χ3v) is 3.38. The van der Waals surface area contributed by atoms with Crippen LogP contribution >= 0.6 is 0 Å². The molecule has 1 fully saturated rings. The van der Waals surface area contributed by atoms with E-state index in [1.807, 2.05) is 0 Å². The summed E-state index contributed by atoms with van der Waals surface area (Å²) in [7, 11) is 2.66. The van der Waals surface area contributed by atoms with Crippen LogP contribution in [0.5, 0.6) is 0 Å². The van der Waals surface area contributed by atoms with E-state index >= 15 is 0 Å². The number of carbonyl (C=O) groups excluding carboxylic acids is 1. The van der Waals surface area contributed by atoms with Gasteiger partial charge in [0.1, 0.15) is 18.9 Å². The molecule has 1 aliphatic heterocycles. The number of nitrogens with zero attached hydrogens (tertiary/aromatic N) is 1. The fraction of sp³-hybridized carbons (Fsp3) is 0.615. The van der Waals surface area contributed by atoms with Crippen LogP contribution < -0.4 is 0 Å². The lowest BCUT2D eigenvalue weighted by molar-refractivity contribution is -0.282. The quantitative estimate of drug-likeness (QED) is 0.433. The smallest absolute Gasteiger partial charge is 0.339 e. The van der Waals surface area contributed by atoms with Gasteiger partial charge < -0.3 is 24.3 Å². The van der Waals surface area contributed by atoms with Gasteiger partial charge in [-0.05, 0) is 0 Å². The van der Waals surface area contributed by atoms with E-state index in [0.717, 1.165) is 0 Å². The number of aliphatic hydroxyl groups is 2. The molecule has 0 aliphatic carbocycles. The molecule has 0 radical (unpaired) electrons. The van der Waals surface area contributed by atoms with E-state index in [0.29, 0.717) is 17.5 Å². The van der Waals surface area contributed by atoms with Crippen molar-refractivity contribution in [3.63, 3.8) is 0 Å². The molecule has 8 heteroatoms. The van der Waals surface area contributed by atoms with Crippen LogP contribution in [0.2, 0.25) is 0 Å². The first kappa shape index (κ1) is 15.9. The van der Waals surface area contributed by atoms with Crippen molar-refractivity contribution in [3.8, 4) is 0 Å². The van der Waals surface area contributed by atoms with Crippen molar-refractivity contribution in [2.75, 3.05) is 20.8 Å². The van der Waals surface area contributed by atoms with Crippen molar-refractivity contribution in [1.82, 2.24) is 4.57 Å². The predicted octanol–water partition coefficient (Wildman–Crippen LogP) is -0.00660. The Morgan fingerprint density at radius 3 is 2.81 bits per heavy atom. The molecular formula is C13H19NO7. The van der Waals surface area contributed by atoms with Gasteiger partial charge in [0.2, 0.25) is 0 Å². The molecule has 1 aromatic heterocycles. The summed E-state index contributed by atoms with van der Waals surface area (Å²) in [6, 6.07) is 0. The lowest BCUT2D eigenvalue weighted by atomic mass is 10.2. The van der Waals surface area contributed by atoms with E-state index in [1.54, 1.807) is 17.0 Å². The zero-order valence-electron chi connectivity index (χ0n) is 11.9. The number of carbonyl (C=O) groups is 1. The highest BCUT2D eigenvalue weighted by molar-refractivity contribution is 5.90. The van der Waals surface area contributed by atoms with Gasteiger partial charge in [0.05, 0.1) is 32.5 Å². The van der Waals surface area contributed by atoms with Crippen LogP contribution in [0.15, 0.2) is 12.4 Å². The molecule has 0 aromatic carbocycles. The zero-order valence-corrected chi connectivity index (χ0v) is 11.9. The first-order valence-electron chi connectivity index (χ1n) is 6.49. The Kier molecular flexibility index (Phi) is 5.32. The number of esters is 1. The van der Waals surface area contributed by atoms with Crippen LogP contribution in [0, 0.1) is 0 Å². The maximum atomic E-state index is 11.7. The number of hydrogen-bond acceptors (Lipinski definition) is 7. The second kappa shape index (κ2) is 7.01. The Bertz CT molecular complexity index is 487. The third kappa shape index (κ3) is 3.42. The minimum Gasteiger partial charge on any atom is -0.465 e. The van der Waals surface area contributed by atoms with E-state index in [-0.39, 0.29) is 13.2 Å². The lowest BCUT2D eigenvalue weighted by Gasteiger charge is -2.13. The van der Waals surface area contributed by atoms with Gasteiger partial charge in [0.15, 0.2) is 0 Å². The number of aromatic nitrogens is 1. The van der Waals surface area contributed by atoms with Gasteiger partial charge in [-0.1, -0.05) is 0 Å². The summed E-state index contributed by atoms with van der Waals surface area (Å²) in [5.41, 5.74) is 0.911. The molecule has 118 valence electrons. The van der Waals surface area contributed by atoms with Gasteiger partial charge in [0.25, 0.3) is 0 Å². The zero-order chi connectivity index (χ0) is 15.4. The summed E-state index contributed by atoms with van der Waals surface area (Å²) >= 11 is 0. The van der Waals surface area contributed by atoms with E-state index in [2.05, 4.69) is 4.89 Å². The first-order chi connectivity index (χ1) is 10.1. The number of ether oxygens (including phenoxy) is 2. The molecule has 0 saturated carbocycles. The Morgan fingerprint density at radius 1 is 1.48 bits per heavy atom. The summed E-state index contributed by atoms with van der Waals surface area (Å²) in [6.07, 6.45) is 1.72. The Labute approximate surface area is 121 Å². The molecule has 0 bridgehead atoms.